The maximum Gasteiger partial charge on any atom is 0.0760 e. The van der Waals surface area contributed by atoms with Gasteiger partial charge in [0.2, 0.25) is 0 Å². The van der Waals surface area contributed by atoms with E-state index in [0.717, 1.165) is 24.3 Å². The van der Waals surface area contributed by atoms with Crippen molar-refractivity contribution in [3.63, 3.8) is 0 Å². The summed E-state index contributed by atoms with van der Waals surface area (Å²) in [5.74, 6) is 0. The van der Waals surface area contributed by atoms with Crippen molar-refractivity contribution in [2.45, 2.75) is 32.4 Å². The molecule has 1 aromatic carbocycles. The molecular formula is C16H23N3O. The smallest absolute Gasteiger partial charge is 0.0760 e. The van der Waals surface area contributed by atoms with Gasteiger partial charge in [-0.2, -0.15) is 5.10 Å². The summed E-state index contributed by atoms with van der Waals surface area (Å²) in [6.45, 7) is 5.20. The lowest BCUT2D eigenvalue weighted by molar-refractivity contribution is 0.0808. The Morgan fingerprint density at radius 1 is 1.25 bits per heavy atom. The minimum absolute atomic E-state index is 0.0840. The Kier molecular flexibility index (Phi) is 5.32. The molecule has 0 aliphatic rings. The van der Waals surface area contributed by atoms with Crippen molar-refractivity contribution < 1.29 is 4.74 Å². The maximum absolute atomic E-state index is 5.52. The second-order valence-corrected chi connectivity index (χ2v) is 4.88. The molecule has 0 saturated heterocycles. The van der Waals surface area contributed by atoms with Gasteiger partial charge in [0.1, 0.15) is 0 Å². The number of aromatic nitrogens is 2. The van der Waals surface area contributed by atoms with Crippen molar-refractivity contribution in [1.29, 1.82) is 0 Å². The fraction of sp³-hybridized carbons (Fsp3) is 0.438. The number of hydrogen-bond donors (Lipinski definition) is 1. The van der Waals surface area contributed by atoms with Crippen LogP contribution < -0.4 is 5.32 Å². The van der Waals surface area contributed by atoms with E-state index in [-0.39, 0.29) is 12.1 Å². The van der Waals surface area contributed by atoms with Gasteiger partial charge < -0.3 is 10.1 Å². The first-order valence-electron chi connectivity index (χ1n) is 7.13. The SMILES string of the molecule is CCCNC(c1ccnn1-c1ccccc1)C(C)OC. The van der Waals surface area contributed by atoms with Gasteiger partial charge in [-0.05, 0) is 38.1 Å². The van der Waals surface area contributed by atoms with Crippen LogP contribution in [0.5, 0.6) is 0 Å². The Labute approximate surface area is 120 Å². The fourth-order valence-electron chi connectivity index (χ4n) is 2.28. The van der Waals surface area contributed by atoms with E-state index < -0.39 is 0 Å². The van der Waals surface area contributed by atoms with Gasteiger partial charge in [-0.15, -0.1) is 0 Å². The van der Waals surface area contributed by atoms with Gasteiger partial charge >= 0.3 is 0 Å². The van der Waals surface area contributed by atoms with Crippen LogP contribution in [-0.4, -0.2) is 29.5 Å². The van der Waals surface area contributed by atoms with E-state index in [1.165, 1.54) is 0 Å². The Morgan fingerprint density at radius 3 is 2.65 bits per heavy atom. The van der Waals surface area contributed by atoms with Crippen LogP contribution in [0.4, 0.5) is 0 Å². The Bertz CT molecular complexity index is 509. The van der Waals surface area contributed by atoms with Gasteiger partial charge in [0.15, 0.2) is 0 Å². The fourth-order valence-corrected chi connectivity index (χ4v) is 2.28. The van der Waals surface area contributed by atoms with Crippen LogP contribution in [0.1, 0.15) is 32.0 Å². The van der Waals surface area contributed by atoms with Crippen molar-refractivity contribution in [3.8, 4) is 5.69 Å². The van der Waals surface area contributed by atoms with Crippen molar-refractivity contribution in [3.05, 3.63) is 48.3 Å². The third-order valence-electron chi connectivity index (χ3n) is 3.45. The summed E-state index contributed by atoms with van der Waals surface area (Å²) in [6, 6.07) is 12.4. The van der Waals surface area contributed by atoms with Gasteiger partial charge in [-0.1, -0.05) is 25.1 Å². The lowest BCUT2D eigenvalue weighted by Gasteiger charge is -2.25. The normalized spacial score (nSPS) is 14.2. The minimum atomic E-state index is 0.0840. The molecule has 1 N–H and O–H groups in total. The first kappa shape index (κ1) is 14.8. The van der Waals surface area contributed by atoms with Gasteiger partial charge in [0.25, 0.3) is 0 Å². The van der Waals surface area contributed by atoms with Crippen LogP contribution in [0.15, 0.2) is 42.6 Å². The molecule has 4 heteroatoms. The zero-order chi connectivity index (χ0) is 14.4. The molecule has 0 fully saturated rings. The number of nitrogens with one attached hydrogen (secondary N) is 1. The molecular weight excluding hydrogens is 250 g/mol. The average molecular weight is 273 g/mol. The topological polar surface area (TPSA) is 39.1 Å². The molecule has 2 aromatic rings. The molecule has 0 aliphatic carbocycles. The third kappa shape index (κ3) is 3.26. The molecule has 108 valence electrons. The van der Waals surface area contributed by atoms with E-state index in [0.29, 0.717) is 0 Å². The van der Waals surface area contributed by atoms with Crippen LogP contribution in [0.25, 0.3) is 5.69 Å². The molecule has 2 rings (SSSR count). The van der Waals surface area contributed by atoms with Crippen LogP contribution in [0, 0.1) is 0 Å². The molecule has 1 aromatic heterocycles. The molecule has 0 radical (unpaired) electrons. The van der Waals surface area contributed by atoms with Crippen molar-refractivity contribution in [1.82, 2.24) is 15.1 Å². The Morgan fingerprint density at radius 2 is 2.00 bits per heavy atom. The molecule has 1 heterocycles. The van der Waals surface area contributed by atoms with Crippen LogP contribution >= 0.6 is 0 Å². The number of nitrogens with zero attached hydrogens (tertiary/aromatic N) is 2. The highest BCUT2D eigenvalue weighted by atomic mass is 16.5. The quantitative estimate of drug-likeness (QED) is 0.843. The predicted octanol–water partition coefficient (Wildman–Crippen LogP) is 2.95. The highest BCUT2D eigenvalue weighted by molar-refractivity contribution is 5.33. The number of ether oxygens (including phenoxy) is 1. The average Bonchev–Trinajstić information content (AvgIpc) is 2.97. The van der Waals surface area contributed by atoms with Crippen molar-refractivity contribution in [2.24, 2.45) is 0 Å². The summed E-state index contributed by atoms with van der Waals surface area (Å²) < 4.78 is 7.50. The predicted molar refractivity (Wildman–Crippen MR) is 81.1 cm³/mol. The van der Waals surface area contributed by atoms with Gasteiger partial charge in [0, 0.05) is 13.3 Å². The summed E-state index contributed by atoms with van der Waals surface area (Å²) in [5, 5.41) is 8.00. The zero-order valence-electron chi connectivity index (χ0n) is 12.4. The molecule has 0 amide bonds. The number of para-hydroxylation sites is 1. The highest BCUT2D eigenvalue weighted by Crippen LogP contribution is 2.21. The lowest BCUT2D eigenvalue weighted by atomic mass is 10.1. The summed E-state index contributed by atoms with van der Waals surface area (Å²) in [5.41, 5.74) is 2.19. The van der Waals surface area contributed by atoms with E-state index in [9.17, 15) is 0 Å². The summed E-state index contributed by atoms with van der Waals surface area (Å²) in [7, 11) is 1.74. The standard InChI is InChI=1S/C16H23N3O/c1-4-11-17-16(13(2)20-3)15-10-12-18-19(15)14-8-6-5-7-9-14/h5-10,12-13,16-17H,4,11H2,1-3H3. The highest BCUT2D eigenvalue weighted by Gasteiger charge is 2.22. The monoisotopic (exact) mass is 273 g/mol. The second-order valence-electron chi connectivity index (χ2n) is 4.88. The van der Waals surface area contributed by atoms with E-state index in [4.69, 9.17) is 4.74 Å². The van der Waals surface area contributed by atoms with Crippen molar-refractivity contribution >= 4 is 0 Å². The van der Waals surface area contributed by atoms with Gasteiger partial charge in [-0.3, -0.25) is 0 Å². The molecule has 20 heavy (non-hydrogen) atoms. The maximum atomic E-state index is 5.52. The Hall–Kier alpha value is -1.65. The van der Waals surface area contributed by atoms with Gasteiger partial charge in [0.05, 0.1) is 23.5 Å². The summed E-state index contributed by atoms with van der Waals surface area (Å²) in [4.78, 5) is 0. The van der Waals surface area contributed by atoms with Crippen LogP contribution in [0.3, 0.4) is 0 Å². The number of rotatable bonds is 7. The van der Waals surface area contributed by atoms with E-state index in [1.807, 2.05) is 29.1 Å². The second kappa shape index (κ2) is 7.22. The van der Waals surface area contributed by atoms with Crippen LogP contribution in [-0.2, 0) is 4.74 Å². The molecule has 0 aliphatic heterocycles. The molecule has 0 bridgehead atoms. The number of methoxy groups -OCH3 is 1. The molecule has 2 atom stereocenters. The minimum Gasteiger partial charge on any atom is -0.380 e. The first-order valence-corrected chi connectivity index (χ1v) is 7.13. The van der Waals surface area contributed by atoms with Crippen molar-refractivity contribution in [2.75, 3.05) is 13.7 Å². The zero-order valence-corrected chi connectivity index (χ0v) is 12.4. The molecule has 2 unspecified atom stereocenters. The molecule has 0 saturated carbocycles. The molecule has 0 spiro atoms. The first-order chi connectivity index (χ1) is 9.77. The summed E-state index contributed by atoms with van der Waals surface area (Å²) >= 11 is 0. The summed E-state index contributed by atoms with van der Waals surface area (Å²) in [6.07, 6.45) is 3.01. The van der Waals surface area contributed by atoms with E-state index >= 15 is 0 Å². The number of benzene rings is 1. The Balaban J connectivity index is 2.32. The van der Waals surface area contributed by atoms with E-state index in [1.54, 1.807) is 7.11 Å². The van der Waals surface area contributed by atoms with E-state index in [2.05, 4.69) is 42.5 Å². The third-order valence-corrected chi connectivity index (χ3v) is 3.45. The van der Waals surface area contributed by atoms with Gasteiger partial charge in [-0.25, -0.2) is 4.68 Å². The largest absolute Gasteiger partial charge is 0.380 e. The van der Waals surface area contributed by atoms with Crippen LogP contribution in [0.2, 0.25) is 0 Å². The molecule has 4 nitrogen and oxygen atoms in total. The number of hydrogen-bond acceptors (Lipinski definition) is 3. The lowest BCUT2D eigenvalue weighted by Crippen LogP contribution is -2.33.